The minimum absolute atomic E-state index is 0.752. The number of methoxy groups -OCH3 is 1. The van der Waals surface area contributed by atoms with Crippen molar-refractivity contribution in [2.45, 2.75) is 6.54 Å². The average Bonchev–Trinajstić information content (AvgIpc) is 2.58. The van der Waals surface area contributed by atoms with Crippen LogP contribution in [0.5, 0.6) is 0 Å². The third-order valence-electron chi connectivity index (χ3n) is 2.15. The van der Waals surface area contributed by atoms with Gasteiger partial charge in [-0.2, -0.15) is 0 Å². The van der Waals surface area contributed by atoms with E-state index < -0.39 is 0 Å². The highest BCUT2D eigenvalue weighted by molar-refractivity contribution is 5.79. The van der Waals surface area contributed by atoms with E-state index in [2.05, 4.69) is 29.0 Å². The maximum atomic E-state index is 5.04. The van der Waals surface area contributed by atoms with E-state index in [4.69, 9.17) is 4.74 Å². The van der Waals surface area contributed by atoms with Crippen LogP contribution in [0.25, 0.3) is 10.9 Å². The zero-order valence-corrected chi connectivity index (χ0v) is 7.66. The molecule has 0 aliphatic carbocycles. The lowest BCUT2D eigenvalue weighted by atomic mass is 10.2. The Bertz CT molecular complexity index is 392. The van der Waals surface area contributed by atoms with Crippen LogP contribution in [0.4, 0.5) is 0 Å². The van der Waals surface area contributed by atoms with Gasteiger partial charge in [0.15, 0.2) is 0 Å². The molecule has 2 rings (SSSR count). The third-order valence-corrected chi connectivity index (χ3v) is 2.15. The highest BCUT2D eigenvalue weighted by Gasteiger charge is 1.97. The van der Waals surface area contributed by atoms with Gasteiger partial charge in [-0.1, -0.05) is 6.07 Å². The third kappa shape index (κ3) is 1.58. The zero-order chi connectivity index (χ0) is 9.10. The fraction of sp³-hybridized carbons (Fsp3) is 0.273. The second-order valence-electron chi connectivity index (χ2n) is 2.99. The molecule has 1 heterocycles. The van der Waals surface area contributed by atoms with Gasteiger partial charge in [0.1, 0.15) is 0 Å². The van der Waals surface area contributed by atoms with E-state index >= 15 is 0 Å². The van der Waals surface area contributed by atoms with Crippen molar-refractivity contribution in [2.24, 2.45) is 0 Å². The van der Waals surface area contributed by atoms with Crippen LogP contribution >= 0.6 is 0 Å². The molecule has 0 amide bonds. The lowest BCUT2D eigenvalue weighted by Gasteiger charge is -2.03. The number of rotatable bonds is 3. The minimum atomic E-state index is 0.752. The summed E-state index contributed by atoms with van der Waals surface area (Å²) in [6.07, 6.45) is 2.08. The fourth-order valence-electron chi connectivity index (χ4n) is 1.47. The van der Waals surface area contributed by atoms with Crippen LogP contribution < -0.4 is 0 Å². The van der Waals surface area contributed by atoms with Crippen molar-refractivity contribution in [2.75, 3.05) is 13.7 Å². The number of benzene rings is 1. The topological polar surface area (TPSA) is 14.2 Å². The van der Waals surface area contributed by atoms with Crippen LogP contribution in [-0.2, 0) is 11.3 Å². The first-order valence-electron chi connectivity index (χ1n) is 4.35. The lowest BCUT2D eigenvalue weighted by Crippen LogP contribution is -2.01. The Balaban J connectivity index is 2.35. The van der Waals surface area contributed by atoms with E-state index in [0.717, 1.165) is 13.2 Å². The Morgan fingerprint density at radius 3 is 3.23 bits per heavy atom. The fourth-order valence-corrected chi connectivity index (χ4v) is 1.47. The van der Waals surface area contributed by atoms with Crippen molar-refractivity contribution in [3.63, 3.8) is 0 Å². The van der Waals surface area contributed by atoms with E-state index in [0.29, 0.717) is 0 Å². The summed E-state index contributed by atoms with van der Waals surface area (Å²) in [5.41, 5.74) is 1.25. The van der Waals surface area contributed by atoms with Gasteiger partial charge in [0.2, 0.25) is 0 Å². The molecule has 0 bridgehead atoms. The molecule has 0 saturated heterocycles. The predicted octanol–water partition coefficient (Wildman–Crippen LogP) is 2.09. The molecule has 0 fully saturated rings. The Labute approximate surface area is 77.7 Å². The Morgan fingerprint density at radius 1 is 1.46 bits per heavy atom. The first kappa shape index (κ1) is 8.32. The normalized spacial score (nSPS) is 10.8. The zero-order valence-electron chi connectivity index (χ0n) is 7.66. The molecule has 13 heavy (non-hydrogen) atoms. The van der Waals surface area contributed by atoms with E-state index in [1.807, 2.05) is 12.1 Å². The maximum absolute atomic E-state index is 5.04. The molecule has 1 radical (unpaired) electrons. The summed E-state index contributed by atoms with van der Waals surface area (Å²) in [6, 6.07) is 11.2. The summed E-state index contributed by atoms with van der Waals surface area (Å²) < 4.78 is 7.22. The van der Waals surface area contributed by atoms with Crippen LogP contribution in [0.1, 0.15) is 0 Å². The highest BCUT2D eigenvalue weighted by Crippen LogP contribution is 2.14. The van der Waals surface area contributed by atoms with Crippen molar-refractivity contribution in [1.29, 1.82) is 0 Å². The first-order valence-corrected chi connectivity index (χ1v) is 4.35. The molecule has 1 aromatic carbocycles. The molecule has 67 valence electrons. The van der Waals surface area contributed by atoms with Crippen molar-refractivity contribution in [3.05, 3.63) is 36.5 Å². The number of aromatic nitrogens is 1. The summed E-state index contributed by atoms with van der Waals surface area (Å²) in [5, 5.41) is 1.23. The number of fused-ring (bicyclic) bond motifs is 1. The van der Waals surface area contributed by atoms with E-state index in [-0.39, 0.29) is 0 Å². The molecular formula is C11H12NO. The molecule has 0 unspecified atom stereocenters. The van der Waals surface area contributed by atoms with Crippen molar-refractivity contribution >= 4 is 10.9 Å². The SMILES string of the molecule is COCCn1ccc2c[c]ccc21. The summed E-state index contributed by atoms with van der Waals surface area (Å²) in [7, 11) is 1.72. The Hall–Kier alpha value is -1.28. The monoisotopic (exact) mass is 174 g/mol. The first-order chi connectivity index (χ1) is 6.42. The molecule has 0 atom stereocenters. The molecule has 2 aromatic rings. The summed E-state index contributed by atoms with van der Waals surface area (Å²) >= 11 is 0. The molecule has 2 heteroatoms. The van der Waals surface area contributed by atoms with Crippen LogP contribution in [0, 0.1) is 6.07 Å². The average molecular weight is 174 g/mol. The Kier molecular flexibility index (Phi) is 2.32. The molecule has 0 saturated carbocycles. The summed E-state index contributed by atoms with van der Waals surface area (Å²) in [6.45, 7) is 1.66. The summed E-state index contributed by atoms with van der Waals surface area (Å²) in [5.74, 6) is 0. The molecule has 0 aliphatic heterocycles. The molecule has 2 nitrogen and oxygen atoms in total. The largest absolute Gasteiger partial charge is 0.383 e. The van der Waals surface area contributed by atoms with Crippen molar-refractivity contribution in [1.82, 2.24) is 4.57 Å². The quantitative estimate of drug-likeness (QED) is 0.695. The minimum Gasteiger partial charge on any atom is -0.383 e. The molecule has 0 spiro atoms. The van der Waals surface area contributed by atoms with E-state index in [1.165, 1.54) is 10.9 Å². The second-order valence-corrected chi connectivity index (χ2v) is 2.99. The number of hydrogen-bond acceptors (Lipinski definition) is 1. The molecular weight excluding hydrogens is 162 g/mol. The summed E-state index contributed by atoms with van der Waals surface area (Å²) in [4.78, 5) is 0. The molecule has 0 aliphatic rings. The van der Waals surface area contributed by atoms with Crippen molar-refractivity contribution in [3.8, 4) is 0 Å². The second kappa shape index (κ2) is 3.62. The Morgan fingerprint density at radius 2 is 2.38 bits per heavy atom. The number of ether oxygens (including phenoxy) is 1. The molecule has 0 N–H and O–H groups in total. The smallest absolute Gasteiger partial charge is 0.0641 e. The van der Waals surface area contributed by atoms with Gasteiger partial charge in [0.25, 0.3) is 0 Å². The van der Waals surface area contributed by atoms with Crippen molar-refractivity contribution < 1.29 is 4.74 Å². The van der Waals surface area contributed by atoms with E-state index in [9.17, 15) is 0 Å². The molecule has 1 aromatic heterocycles. The van der Waals surface area contributed by atoms with Gasteiger partial charge in [0, 0.05) is 30.8 Å². The van der Waals surface area contributed by atoms with Gasteiger partial charge in [-0.05, 0) is 24.3 Å². The van der Waals surface area contributed by atoms with E-state index in [1.54, 1.807) is 7.11 Å². The maximum Gasteiger partial charge on any atom is 0.0641 e. The van der Waals surface area contributed by atoms with Crippen LogP contribution in [0.3, 0.4) is 0 Å². The van der Waals surface area contributed by atoms with Crippen LogP contribution in [-0.4, -0.2) is 18.3 Å². The van der Waals surface area contributed by atoms with Gasteiger partial charge >= 0.3 is 0 Å². The van der Waals surface area contributed by atoms with Gasteiger partial charge < -0.3 is 9.30 Å². The van der Waals surface area contributed by atoms with Gasteiger partial charge in [-0.25, -0.2) is 0 Å². The highest BCUT2D eigenvalue weighted by atomic mass is 16.5. The van der Waals surface area contributed by atoms with Gasteiger partial charge in [0.05, 0.1) is 6.61 Å². The standard InChI is InChI=1S/C11H12NO/c1-13-9-8-12-7-6-10-4-2-3-5-11(10)12/h3-7H,8-9H2,1H3. The van der Waals surface area contributed by atoms with Gasteiger partial charge in [-0.3, -0.25) is 0 Å². The predicted molar refractivity (Wildman–Crippen MR) is 52.7 cm³/mol. The van der Waals surface area contributed by atoms with Crippen LogP contribution in [0.2, 0.25) is 0 Å². The number of nitrogens with zero attached hydrogens (tertiary/aromatic N) is 1. The van der Waals surface area contributed by atoms with Crippen LogP contribution in [0.15, 0.2) is 30.5 Å². The lowest BCUT2D eigenvalue weighted by molar-refractivity contribution is 0.188. The van der Waals surface area contributed by atoms with Gasteiger partial charge in [-0.15, -0.1) is 0 Å². The number of hydrogen-bond donors (Lipinski definition) is 0.